The Hall–Kier alpha value is -2.40. The lowest BCUT2D eigenvalue weighted by Crippen LogP contribution is -2.52. The molecule has 1 aliphatic heterocycles. The van der Waals surface area contributed by atoms with Gasteiger partial charge in [-0.25, -0.2) is 4.79 Å². The molecule has 2 aliphatic rings. The number of halogens is 1. The first-order chi connectivity index (χ1) is 13.5. The molecule has 0 spiro atoms. The molecule has 5 heteroatoms. The average molecular weight is 396 g/mol. The summed E-state index contributed by atoms with van der Waals surface area (Å²) < 4.78 is 6.10. The largest absolute Gasteiger partial charge is 0.457 e. The van der Waals surface area contributed by atoms with Crippen molar-refractivity contribution in [1.29, 1.82) is 0 Å². The maximum absolute atomic E-state index is 13.3. The fraction of sp³-hybridized carbons (Fsp3) is 0.261. The highest BCUT2D eigenvalue weighted by Gasteiger charge is 2.48. The number of hydrogen-bond acceptors (Lipinski definition) is 3. The summed E-state index contributed by atoms with van der Waals surface area (Å²) >= 11 is 6.72. The van der Waals surface area contributed by atoms with Gasteiger partial charge in [-0.1, -0.05) is 35.9 Å². The van der Waals surface area contributed by atoms with Gasteiger partial charge in [0.1, 0.15) is 29.3 Å². The minimum absolute atomic E-state index is 0.0957. The Morgan fingerprint density at radius 1 is 1.25 bits per heavy atom. The van der Waals surface area contributed by atoms with Crippen molar-refractivity contribution in [2.75, 3.05) is 13.1 Å². The highest BCUT2D eigenvalue weighted by atomic mass is 35.5. The van der Waals surface area contributed by atoms with Crippen LogP contribution in [0.15, 0.2) is 66.4 Å². The zero-order valence-corrected chi connectivity index (χ0v) is 16.7. The highest BCUT2D eigenvalue weighted by Crippen LogP contribution is 2.44. The Balaban J connectivity index is 1.77. The average Bonchev–Trinajstić information content (AvgIpc) is 3.56. The molecule has 1 heterocycles. The van der Waals surface area contributed by atoms with Gasteiger partial charge < -0.3 is 10.5 Å². The third-order valence-electron chi connectivity index (χ3n) is 5.31. The first kappa shape index (κ1) is 18.9. The van der Waals surface area contributed by atoms with Gasteiger partial charge in [0.15, 0.2) is 5.69 Å². The third-order valence-corrected chi connectivity index (χ3v) is 5.62. The van der Waals surface area contributed by atoms with Crippen molar-refractivity contribution < 1.29 is 9.53 Å². The van der Waals surface area contributed by atoms with E-state index in [9.17, 15) is 4.79 Å². The first-order valence-electron chi connectivity index (χ1n) is 9.57. The van der Waals surface area contributed by atoms with Gasteiger partial charge in [-0.2, -0.15) is 4.48 Å². The standard InChI is InChI=1S/C23H24ClN2O2/c1-16-12-21(20(24)13-22(16)28-19-7-3-2-4-8-19)26(23(27)18-9-10-18)11-5-6-17(14-25)15-26/h2-8,12-13,15,18H,9-11,14,25H2,1H3/q+1. The molecule has 2 aromatic carbocycles. The van der Waals surface area contributed by atoms with Gasteiger partial charge in [0.25, 0.3) is 0 Å². The summed E-state index contributed by atoms with van der Waals surface area (Å²) in [6.45, 7) is 2.92. The Morgan fingerprint density at radius 2 is 2.00 bits per heavy atom. The lowest BCUT2D eigenvalue weighted by atomic mass is 10.1. The summed E-state index contributed by atoms with van der Waals surface area (Å²) in [5.74, 6) is 1.72. The van der Waals surface area contributed by atoms with Crippen LogP contribution < -0.4 is 15.0 Å². The van der Waals surface area contributed by atoms with E-state index in [4.69, 9.17) is 22.1 Å². The number of nitrogens with zero attached hydrogens (tertiary/aromatic N) is 1. The molecule has 1 amide bonds. The second-order valence-corrected chi connectivity index (χ2v) is 7.87. The van der Waals surface area contributed by atoms with Crippen LogP contribution in [0.2, 0.25) is 5.02 Å². The van der Waals surface area contributed by atoms with E-state index in [0.717, 1.165) is 35.4 Å². The summed E-state index contributed by atoms with van der Waals surface area (Å²) in [5, 5.41) is 0.522. The van der Waals surface area contributed by atoms with E-state index < -0.39 is 0 Å². The van der Waals surface area contributed by atoms with Gasteiger partial charge >= 0.3 is 5.91 Å². The van der Waals surface area contributed by atoms with Crippen molar-refractivity contribution in [1.82, 2.24) is 4.48 Å². The van der Waals surface area contributed by atoms with E-state index in [-0.39, 0.29) is 16.3 Å². The number of aryl methyl sites for hydroxylation is 1. The number of nitrogens with two attached hydrogens (primary N) is 1. The third kappa shape index (κ3) is 3.51. The Morgan fingerprint density at radius 3 is 2.68 bits per heavy atom. The summed E-state index contributed by atoms with van der Waals surface area (Å²) in [4.78, 5) is 13.3. The smallest absolute Gasteiger partial charge is 0.326 e. The fourth-order valence-corrected chi connectivity index (χ4v) is 3.95. The van der Waals surface area contributed by atoms with Crippen LogP contribution in [0.25, 0.3) is 0 Å². The number of quaternary nitrogens is 1. The lowest BCUT2D eigenvalue weighted by Gasteiger charge is -2.34. The molecule has 1 atom stereocenters. The summed E-state index contributed by atoms with van der Waals surface area (Å²) in [6.07, 6.45) is 7.87. The molecule has 0 aromatic heterocycles. The number of ether oxygens (including phenoxy) is 1. The predicted molar refractivity (Wildman–Crippen MR) is 113 cm³/mol. The van der Waals surface area contributed by atoms with Crippen LogP contribution in [0.4, 0.5) is 5.69 Å². The predicted octanol–water partition coefficient (Wildman–Crippen LogP) is 5.10. The highest BCUT2D eigenvalue weighted by molar-refractivity contribution is 6.33. The molecular weight excluding hydrogens is 372 g/mol. The SMILES string of the molecule is Cc1cc([N+]2(C(=O)C3CC3)C=C(CN)C=CC2)c(Cl)cc1Oc1ccccc1. The van der Waals surface area contributed by atoms with E-state index >= 15 is 0 Å². The van der Waals surface area contributed by atoms with Gasteiger partial charge in [-0.05, 0) is 43.5 Å². The molecule has 144 valence electrons. The van der Waals surface area contributed by atoms with E-state index in [1.165, 1.54) is 0 Å². The zero-order chi connectivity index (χ0) is 19.7. The molecule has 0 radical (unpaired) electrons. The molecule has 4 rings (SSSR count). The lowest BCUT2D eigenvalue weighted by molar-refractivity contribution is -0.129. The molecule has 1 unspecified atom stereocenters. The number of amides is 1. The zero-order valence-electron chi connectivity index (χ0n) is 15.9. The van der Waals surface area contributed by atoms with Crippen molar-refractivity contribution >= 4 is 23.2 Å². The quantitative estimate of drug-likeness (QED) is 0.717. The first-order valence-corrected chi connectivity index (χ1v) is 9.95. The topological polar surface area (TPSA) is 52.3 Å². The van der Waals surface area contributed by atoms with Crippen LogP contribution in [0.1, 0.15) is 18.4 Å². The Labute approximate surface area is 170 Å². The molecule has 1 saturated carbocycles. The van der Waals surface area contributed by atoms with Crippen LogP contribution in [-0.2, 0) is 4.79 Å². The van der Waals surface area contributed by atoms with Crippen LogP contribution in [-0.4, -0.2) is 19.0 Å². The minimum atomic E-state index is 0.0957. The molecule has 28 heavy (non-hydrogen) atoms. The number of benzene rings is 2. The van der Waals surface area contributed by atoms with Crippen LogP contribution in [0.3, 0.4) is 0 Å². The summed E-state index contributed by atoms with van der Waals surface area (Å²) in [5.41, 5.74) is 8.54. The minimum Gasteiger partial charge on any atom is -0.457 e. The van der Waals surface area contributed by atoms with Crippen LogP contribution >= 0.6 is 11.6 Å². The molecule has 0 saturated heterocycles. The van der Waals surface area contributed by atoms with E-state index in [1.807, 2.05) is 67.7 Å². The molecule has 1 aliphatic carbocycles. The van der Waals surface area contributed by atoms with Gasteiger partial charge in [-0.15, -0.1) is 0 Å². The van der Waals surface area contributed by atoms with Gasteiger partial charge in [-0.3, -0.25) is 0 Å². The second kappa shape index (κ2) is 7.55. The molecule has 1 fully saturated rings. The monoisotopic (exact) mass is 395 g/mol. The van der Waals surface area contributed by atoms with Gasteiger partial charge in [0.2, 0.25) is 0 Å². The number of para-hydroxylation sites is 1. The number of carbonyl (C=O) groups excluding carboxylic acids is 1. The summed E-state index contributed by atoms with van der Waals surface area (Å²) in [7, 11) is 0. The Kier molecular flexibility index (Phi) is 5.11. The van der Waals surface area contributed by atoms with Crippen molar-refractivity contribution in [2.45, 2.75) is 19.8 Å². The number of carbonyl (C=O) groups is 1. The van der Waals surface area contributed by atoms with Crippen molar-refractivity contribution in [2.24, 2.45) is 11.7 Å². The van der Waals surface area contributed by atoms with Gasteiger partial charge in [0.05, 0.1) is 5.92 Å². The van der Waals surface area contributed by atoms with Crippen LogP contribution in [0, 0.1) is 12.8 Å². The van der Waals surface area contributed by atoms with E-state index in [0.29, 0.717) is 23.9 Å². The van der Waals surface area contributed by atoms with Crippen molar-refractivity contribution in [3.63, 3.8) is 0 Å². The van der Waals surface area contributed by atoms with Crippen molar-refractivity contribution in [3.8, 4) is 11.5 Å². The second-order valence-electron chi connectivity index (χ2n) is 7.46. The fourth-order valence-electron chi connectivity index (χ4n) is 3.65. The van der Waals surface area contributed by atoms with Crippen LogP contribution in [0.5, 0.6) is 11.5 Å². The maximum Gasteiger partial charge on any atom is 0.326 e. The van der Waals surface area contributed by atoms with Crippen molar-refractivity contribution in [3.05, 3.63) is 77.0 Å². The Bertz CT molecular complexity index is 964. The molecule has 2 N–H and O–H groups in total. The number of hydrogen-bond donors (Lipinski definition) is 1. The maximum atomic E-state index is 13.3. The molecule has 4 nitrogen and oxygen atoms in total. The summed E-state index contributed by atoms with van der Waals surface area (Å²) in [6, 6.07) is 13.4. The normalized spacial score (nSPS) is 21.3. The van der Waals surface area contributed by atoms with E-state index in [1.54, 1.807) is 0 Å². The molecule has 0 bridgehead atoms. The van der Waals surface area contributed by atoms with Gasteiger partial charge in [0, 0.05) is 24.3 Å². The number of rotatable bonds is 5. The van der Waals surface area contributed by atoms with E-state index in [2.05, 4.69) is 0 Å². The molecule has 2 aromatic rings. The molecular formula is C23H24ClN2O2+.